The minimum Gasteiger partial charge on any atom is -0.465 e. The monoisotopic (exact) mass is 348 g/mol. The fourth-order valence-electron chi connectivity index (χ4n) is 2.59. The zero-order valence-corrected chi connectivity index (χ0v) is 15.0. The number of fused-ring (bicyclic) bond motifs is 1. The second-order valence-electron chi connectivity index (χ2n) is 5.63. The molecule has 9 heteroatoms. The van der Waals surface area contributed by atoms with Gasteiger partial charge in [0, 0.05) is 18.8 Å². The number of carbonyl (C=O) groups is 2. The molecule has 0 aliphatic rings. The van der Waals surface area contributed by atoms with Gasteiger partial charge in [0.25, 0.3) is 0 Å². The summed E-state index contributed by atoms with van der Waals surface area (Å²) in [4.78, 5) is 31.7. The fraction of sp³-hybridized carbons (Fsp3) is 0.500. The van der Waals surface area contributed by atoms with Crippen LogP contribution in [0.2, 0.25) is 0 Å². The van der Waals surface area contributed by atoms with E-state index in [1.807, 2.05) is 25.3 Å². The fourth-order valence-corrected chi connectivity index (χ4v) is 2.59. The van der Waals surface area contributed by atoms with Crippen LogP contribution in [-0.4, -0.2) is 46.2 Å². The van der Waals surface area contributed by atoms with Crippen molar-refractivity contribution in [2.75, 3.05) is 25.4 Å². The quantitative estimate of drug-likeness (QED) is 0.663. The summed E-state index contributed by atoms with van der Waals surface area (Å²) in [5, 5.41) is 5.15. The van der Waals surface area contributed by atoms with E-state index in [2.05, 4.69) is 20.6 Å². The molecule has 0 aliphatic heterocycles. The lowest BCUT2D eigenvalue weighted by Crippen LogP contribution is -2.40. The van der Waals surface area contributed by atoms with Crippen molar-refractivity contribution in [3.8, 4) is 0 Å². The Labute approximate surface area is 145 Å². The van der Waals surface area contributed by atoms with Crippen molar-refractivity contribution in [3.05, 3.63) is 17.1 Å². The number of ether oxygens (including phenoxy) is 1. The van der Waals surface area contributed by atoms with Crippen LogP contribution in [0.15, 0.2) is 0 Å². The zero-order valence-electron chi connectivity index (χ0n) is 15.0. The van der Waals surface area contributed by atoms with Crippen LogP contribution < -0.4 is 16.4 Å². The number of hydrogen-bond acceptors (Lipinski definition) is 6. The van der Waals surface area contributed by atoms with Gasteiger partial charge in [-0.1, -0.05) is 0 Å². The third-order valence-electron chi connectivity index (χ3n) is 3.91. The highest BCUT2D eigenvalue weighted by Crippen LogP contribution is 2.25. The minimum atomic E-state index is -0.469. The van der Waals surface area contributed by atoms with Gasteiger partial charge in [-0.25, -0.2) is 14.8 Å². The first kappa shape index (κ1) is 18.5. The Morgan fingerprint density at radius 1 is 1.20 bits per heavy atom. The molecular formula is C16H24N6O3. The molecule has 0 aliphatic carbocycles. The number of anilines is 1. The number of urea groups is 1. The lowest BCUT2D eigenvalue weighted by atomic mass is 10.2. The summed E-state index contributed by atoms with van der Waals surface area (Å²) in [6.07, 6.45) is 0. The maximum Gasteiger partial charge on any atom is 0.325 e. The highest BCUT2D eigenvalue weighted by molar-refractivity contribution is 5.88. The molecule has 4 N–H and O–H groups in total. The summed E-state index contributed by atoms with van der Waals surface area (Å²) in [6, 6.07) is -0.427. The summed E-state index contributed by atoms with van der Waals surface area (Å²) >= 11 is 0. The van der Waals surface area contributed by atoms with E-state index in [0.717, 1.165) is 22.6 Å². The number of nitrogens with two attached hydrogens (primary N) is 1. The number of hydrogen-bond donors (Lipinski definition) is 3. The average molecular weight is 348 g/mol. The number of rotatable bonds is 6. The SMILES string of the molecule is CCOC(=O)CNC(=O)NCCn1c(C)nc2c(N)nc(C)c(C)c21. The molecule has 25 heavy (non-hydrogen) atoms. The molecule has 2 heterocycles. The molecule has 9 nitrogen and oxygen atoms in total. The Morgan fingerprint density at radius 3 is 2.60 bits per heavy atom. The Morgan fingerprint density at radius 2 is 1.92 bits per heavy atom. The summed E-state index contributed by atoms with van der Waals surface area (Å²) < 4.78 is 6.74. The second-order valence-corrected chi connectivity index (χ2v) is 5.63. The molecule has 0 spiro atoms. The van der Waals surface area contributed by atoms with E-state index in [0.29, 0.717) is 24.4 Å². The molecule has 0 saturated heterocycles. The molecule has 0 bridgehead atoms. The van der Waals surface area contributed by atoms with Crippen molar-refractivity contribution >= 4 is 28.9 Å². The van der Waals surface area contributed by atoms with E-state index < -0.39 is 12.0 Å². The van der Waals surface area contributed by atoms with E-state index in [9.17, 15) is 9.59 Å². The highest BCUT2D eigenvalue weighted by Gasteiger charge is 2.15. The molecule has 2 aromatic heterocycles. The van der Waals surface area contributed by atoms with Gasteiger partial charge in [0.1, 0.15) is 17.9 Å². The summed E-state index contributed by atoms with van der Waals surface area (Å²) in [5.74, 6) is 0.731. The molecule has 2 aromatic rings. The van der Waals surface area contributed by atoms with Crippen molar-refractivity contribution in [1.82, 2.24) is 25.2 Å². The van der Waals surface area contributed by atoms with Gasteiger partial charge in [0.2, 0.25) is 0 Å². The van der Waals surface area contributed by atoms with Crippen LogP contribution in [0.3, 0.4) is 0 Å². The molecule has 0 fully saturated rings. The lowest BCUT2D eigenvalue weighted by molar-refractivity contribution is -0.141. The van der Waals surface area contributed by atoms with Gasteiger partial charge < -0.3 is 25.7 Å². The van der Waals surface area contributed by atoms with E-state index in [1.54, 1.807) is 6.92 Å². The molecular weight excluding hydrogens is 324 g/mol. The van der Waals surface area contributed by atoms with Crippen LogP contribution in [0.4, 0.5) is 10.6 Å². The molecule has 2 amide bonds. The molecule has 2 rings (SSSR count). The van der Waals surface area contributed by atoms with Crippen LogP contribution in [-0.2, 0) is 16.1 Å². The van der Waals surface area contributed by atoms with Gasteiger partial charge in [0.05, 0.1) is 12.1 Å². The van der Waals surface area contributed by atoms with E-state index in [-0.39, 0.29) is 13.2 Å². The third kappa shape index (κ3) is 4.17. The van der Waals surface area contributed by atoms with Crippen molar-refractivity contribution in [2.24, 2.45) is 0 Å². The second kappa shape index (κ2) is 7.82. The standard InChI is InChI=1S/C16H24N6O3/c1-5-25-12(23)8-19-16(24)18-6-7-22-11(4)21-13-14(22)9(2)10(3)20-15(13)17/h5-8H2,1-4H3,(H2,17,20)(H2,18,19,24). The Bertz CT molecular complexity index is 799. The zero-order chi connectivity index (χ0) is 18.6. The number of nitrogens with one attached hydrogen (secondary N) is 2. The van der Waals surface area contributed by atoms with Crippen molar-refractivity contribution in [2.45, 2.75) is 34.2 Å². The Balaban J connectivity index is 2.01. The number of imidazole rings is 1. The topological polar surface area (TPSA) is 124 Å². The molecule has 0 aromatic carbocycles. The smallest absolute Gasteiger partial charge is 0.325 e. The number of esters is 1. The Kier molecular flexibility index (Phi) is 5.79. The average Bonchev–Trinajstić information content (AvgIpc) is 2.89. The minimum absolute atomic E-state index is 0.160. The number of aromatic nitrogens is 3. The van der Waals surface area contributed by atoms with Crippen LogP contribution in [0, 0.1) is 20.8 Å². The predicted molar refractivity (Wildman–Crippen MR) is 94.2 cm³/mol. The normalized spacial score (nSPS) is 10.7. The first-order valence-corrected chi connectivity index (χ1v) is 8.12. The van der Waals surface area contributed by atoms with Gasteiger partial charge in [0.15, 0.2) is 5.82 Å². The van der Waals surface area contributed by atoms with Crippen molar-refractivity contribution < 1.29 is 14.3 Å². The van der Waals surface area contributed by atoms with E-state index in [1.165, 1.54) is 0 Å². The summed E-state index contributed by atoms with van der Waals surface area (Å²) in [7, 11) is 0. The van der Waals surface area contributed by atoms with E-state index in [4.69, 9.17) is 10.5 Å². The number of pyridine rings is 1. The highest BCUT2D eigenvalue weighted by atomic mass is 16.5. The van der Waals surface area contributed by atoms with Crippen LogP contribution in [0.25, 0.3) is 11.0 Å². The lowest BCUT2D eigenvalue weighted by Gasteiger charge is -2.11. The first-order valence-electron chi connectivity index (χ1n) is 8.12. The van der Waals surface area contributed by atoms with Gasteiger partial charge in [-0.05, 0) is 33.3 Å². The molecule has 0 radical (unpaired) electrons. The molecule has 0 unspecified atom stereocenters. The molecule has 0 saturated carbocycles. The van der Waals surface area contributed by atoms with Gasteiger partial charge in [-0.15, -0.1) is 0 Å². The maximum absolute atomic E-state index is 11.7. The van der Waals surface area contributed by atoms with E-state index >= 15 is 0 Å². The third-order valence-corrected chi connectivity index (χ3v) is 3.91. The predicted octanol–water partition coefficient (Wildman–Crippen LogP) is 0.801. The molecule has 0 atom stereocenters. The number of carbonyl (C=O) groups excluding carboxylic acids is 2. The number of aryl methyl sites for hydroxylation is 3. The van der Waals surface area contributed by atoms with Gasteiger partial charge in [-0.2, -0.15) is 0 Å². The summed E-state index contributed by atoms with van der Waals surface area (Å²) in [6.45, 7) is 8.50. The number of nitrogens with zero attached hydrogens (tertiary/aromatic N) is 3. The summed E-state index contributed by atoms with van der Waals surface area (Å²) in [5.41, 5.74) is 9.43. The van der Waals surface area contributed by atoms with Gasteiger partial charge in [-0.3, -0.25) is 4.79 Å². The first-order chi connectivity index (χ1) is 11.8. The van der Waals surface area contributed by atoms with Crippen LogP contribution >= 0.6 is 0 Å². The van der Waals surface area contributed by atoms with Crippen molar-refractivity contribution in [1.29, 1.82) is 0 Å². The number of nitrogen functional groups attached to an aromatic ring is 1. The van der Waals surface area contributed by atoms with Gasteiger partial charge >= 0.3 is 12.0 Å². The van der Waals surface area contributed by atoms with Crippen LogP contribution in [0.5, 0.6) is 0 Å². The Hall–Kier alpha value is -2.84. The maximum atomic E-state index is 11.7. The number of amides is 2. The largest absolute Gasteiger partial charge is 0.465 e. The molecule has 136 valence electrons. The van der Waals surface area contributed by atoms with Crippen molar-refractivity contribution in [3.63, 3.8) is 0 Å². The van der Waals surface area contributed by atoms with Crippen LogP contribution in [0.1, 0.15) is 24.0 Å².